The number of fused-ring (bicyclic) bond motifs is 3. The summed E-state index contributed by atoms with van der Waals surface area (Å²) in [6.07, 6.45) is 2.60. The van der Waals surface area contributed by atoms with Gasteiger partial charge in [0, 0.05) is 49.3 Å². The maximum Gasteiger partial charge on any atom is 0.324 e. The van der Waals surface area contributed by atoms with Crippen LogP contribution in [0.25, 0.3) is 11.1 Å². The van der Waals surface area contributed by atoms with Crippen molar-refractivity contribution in [2.75, 3.05) is 30.4 Å². The predicted molar refractivity (Wildman–Crippen MR) is 123 cm³/mol. The molecule has 166 valence electrons. The predicted octanol–water partition coefficient (Wildman–Crippen LogP) is 3.82. The molecule has 1 aliphatic heterocycles. The van der Waals surface area contributed by atoms with Crippen LogP contribution in [0.15, 0.2) is 36.4 Å². The Kier molecular flexibility index (Phi) is 4.32. The molecule has 0 bridgehead atoms. The summed E-state index contributed by atoms with van der Waals surface area (Å²) in [7, 11) is 1.79. The Morgan fingerprint density at radius 3 is 2.88 bits per heavy atom. The average Bonchev–Trinajstić information content (AvgIpc) is 3.13. The second-order valence-electron chi connectivity index (χ2n) is 9.14. The summed E-state index contributed by atoms with van der Waals surface area (Å²) in [5.41, 5.74) is 11.1. The van der Waals surface area contributed by atoms with Crippen molar-refractivity contribution in [3.63, 3.8) is 0 Å². The highest BCUT2D eigenvalue weighted by molar-refractivity contribution is 5.88. The van der Waals surface area contributed by atoms with E-state index in [9.17, 15) is 9.65 Å². The Morgan fingerprint density at radius 2 is 2.15 bits per heavy atom. The van der Waals surface area contributed by atoms with E-state index in [-0.39, 0.29) is 23.3 Å². The molecular formula is C25H23FN6O. The van der Waals surface area contributed by atoms with Gasteiger partial charge in [-0.25, -0.2) is 4.39 Å². The van der Waals surface area contributed by atoms with Gasteiger partial charge in [-0.2, -0.15) is 15.2 Å². The highest BCUT2D eigenvalue weighted by atomic mass is 19.1. The molecule has 1 saturated carbocycles. The van der Waals surface area contributed by atoms with Crippen LogP contribution in [0.1, 0.15) is 29.7 Å². The van der Waals surface area contributed by atoms with E-state index in [0.29, 0.717) is 17.7 Å². The lowest BCUT2D eigenvalue weighted by atomic mass is 10.0. The number of nitrogens with one attached hydrogen (secondary N) is 1. The molecule has 3 aromatic rings. The molecule has 3 aliphatic rings. The van der Waals surface area contributed by atoms with E-state index in [1.165, 1.54) is 6.07 Å². The van der Waals surface area contributed by atoms with Gasteiger partial charge in [-0.15, -0.1) is 0 Å². The van der Waals surface area contributed by atoms with Crippen LogP contribution in [-0.4, -0.2) is 36.1 Å². The highest BCUT2D eigenvalue weighted by Crippen LogP contribution is 2.54. The first-order chi connectivity index (χ1) is 16.0. The molecule has 0 radical (unpaired) electrons. The van der Waals surface area contributed by atoms with Crippen LogP contribution >= 0.6 is 0 Å². The summed E-state index contributed by atoms with van der Waals surface area (Å²) >= 11 is 0. The SMILES string of the molecule is CNc1cc(F)cc2c1Cc1nc(Oc3cccc(C#N)c3)nc(N3CCC4(CC4N)C3)c1-2. The second kappa shape index (κ2) is 7.15. The molecule has 2 aromatic carbocycles. The lowest BCUT2D eigenvalue weighted by molar-refractivity contribution is 0.440. The van der Waals surface area contributed by atoms with Crippen molar-refractivity contribution in [1.29, 1.82) is 5.26 Å². The van der Waals surface area contributed by atoms with E-state index in [4.69, 9.17) is 20.4 Å². The van der Waals surface area contributed by atoms with Crippen molar-refractivity contribution in [2.24, 2.45) is 11.1 Å². The molecule has 8 heteroatoms. The molecule has 7 nitrogen and oxygen atoms in total. The molecule has 3 N–H and O–H groups in total. The lowest BCUT2D eigenvalue weighted by Gasteiger charge is -2.22. The van der Waals surface area contributed by atoms with Gasteiger partial charge in [0.05, 0.1) is 17.3 Å². The summed E-state index contributed by atoms with van der Waals surface area (Å²) in [4.78, 5) is 11.8. The molecular weight excluding hydrogens is 419 g/mol. The number of hydrogen-bond acceptors (Lipinski definition) is 7. The van der Waals surface area contributed by atoms with Gasteiger partial charge < -0.3 is 20.7 Å². The van der Waals surface area contributed by atoms with E-state index < -0.39 is 0 Å². The largest absolute Gasteiger partial charge is 0.424 e. The molecule has 2 unspecified atom stereocenters. The maximum atomic E-state index is 14.5. The van der Waals surface area contributed by atoms with Crippen molar-refractivity contribution >= 4 is 11.5 Å². The second-order valence-corrected chi connectivity index (χ2v) is 9.14. The average molecular weight is 442 g/mol. The summed E-state index contributed by atoms with van der Waals surface area (Å²) < 4.78 is 20.5. The van der Waals surface area contributed by atoms with Crippen LogP contribution in [0, 0.1) is 22.6 Å². The fourth-order valence-electron chi connectivity index (χ4n) is 5.25. The van der Waals surface area contributed by atoms with Gasteiger partial charge in [-0.3, -0.25) is 0 Å². The molecule has 1 saturated heterocycles. The van der Waals surface area contributed by atoms with Crippen molar-refractivity contribution in [3.05, 3.63) is 59.0 Å². The Balaban J connectivity index is 1.46. The number of hydrogen-bond donors (Lipinski definition) is 2. The quantitative estimate of drug-likeness (QED) is 0.496. The van der Waals surface area contributed by atoms with Crippen molar-refractivity contribution < 1.29 is 9.13 Å². The number of rotatable bonds is 4. The lowest BCUT2D eigenvalue weighted by Crippen LogP contribution is -2.24. The van der Waals surface area contributed by atoms with Crippen molar-refractivity contribution in [2.45, 2.75) is 25.3 Å². The highest BCUT2D eigenvalue weighted by Gasteiger charge is 2.56. The molecule has 6 rings (SSSR count). The topological polar surface area (TPSA) is 100 Å². The molecule has 1 spiro atoms. The number of benzene rings is 2. The number of ether oxygens (including phenoxy) is 1. The molecule has 0 amide bonds. The third-order valence-corrected chi connectivity index (χ3v) is 7.15. The van der Waals surface area contributed by atoms with E-state index in [1.807, 2.05) is 0 Å². The zero-order chi connectivity index (χ0) is 22.7. The van der Waals surface area contributed by atoms with Crippen LogP contribution in [0.5, 0.6) is 11.8 Å². The first-order valence-corrected chi connectivity index (χ1v) is 11.1. The molecule has 2 atom stereocenters. The minimum Gasteiger partial charge on any atom is -0.424 e. The van der Waals surface area contributed by atoms with Gasteiger partial charge in [-0.05, 0) is 54.3 Å². The zero-order valence-electron chi connectivity index (χ0n) is 18.2. The number of nitriles is 1. The Hall–Kier alpha value is -3.70. The normalized spacial score (nSPS) is 22.1. The van der Waals surface area contributed by atoms with Gasteiger partial charge in [-0.1, -0.05) is 6.07 Å². The van der Waals surface area contributed by atoms with Crippen molar-refractivity contribution in [3.8, 4) is 29.0 Å². The molecule has 2 heterocycles. The molecule has 2 aliphatic carbocycles. The number of halogens is 1. The Morgan fingerprint density at radius 1 is 1.30 bits per heavy atom. The number of anilines is 2. The van der Waals surface area contributed by atoms with Crippen molar-refractivity contribution in [1.82, 2.24) is 9.97 Å². The van der Waals surface area contributed by atoms with Gasteiger partial charge in [0.15, 0.2) is 0 Å². The first-order valence-electron chi connectivity index (χ1n) is 11.1. The van der Waals surface area contributed by atoms with Gasteiger partial charge in [0.25, 0.3) is 0 Å². The molecule has 1 aromatic heterocycles. The van der Waals surface area contributed by atoms with E-state index in [0.717, 1.165) is 59.8 Å². The molecule has 2 fully saturated rings. The third kappa shape index (κ3) is 3.19. The number of aromatic nitrogens is 2. The number of nitrogens with zero attached hydrogens (tertiary/aromatic N) is 4. The minimum atomic E-state index is -0.298. The monoisotopic (exact) mass is 442 g/mol. The number of nitrogens with two attached hydrogens (primary N) is 1. The summed E-state index contributed by atoms with van der Waals surface area (Å²) in [6.45, 7) is 1.66. The van der Waals surface area contributed by atoms with Gasteiger partial charge in [0.1, 0.15) is 17.4 Å². The van der Waals surface area contributed by atoms with Crippen LogP contribution in [0.4, 0.5) is 15.9 Å². The minimum absolute atomic E-state index is 0.152. The van der Waals surface area contributed by atoms with Gasteiger partial charge in [0.2, 0.25) is 0 Å². The van der Waals surface area contributed by atoms with Crippen LogP contribution < -0.4 is 20.7 Å². The van der Waals surface area contributed by atoms with E-state index in [2.05, 4.69) is 16.3 Å². The fraction of sp³-hybridized carbons (Fsp3) is 0.320. The Bertz CT molecular complexity index is 1340. The van der Waals surface area contributed by atoms with Crippen LogP contribution in [0.3, 0.4) is 0 Å². The Labute approximate surface area is 191 Å². The van der Waals surface area contributed by atoms with Crippen LogP contribution in [-0.2, 0) is 6.42 Å². The fourth-order valence-corrected chi connectivity index (χ4v) is 5.25. The maximum absolute atomic E-state index is 14.5. The van der Waals surface area contributed by atoms with E-state index in [1.54, 1.807) is 37.4 Å². The standard InChI is InChI=1S/C25H23FN6O/c1-29-19-9-15(26)8-18-17(19)10-20-22(18)23(32-6-5-25(13-32)11-21(25)28)31-24(30-20)33-16-4-2-3-14(7-16)12-27/h2-4,7-9,21,29H,5-6,10-11,13,28H2,1H3. The summed E-state index contributed by atoms with van der Waals surface area (Å²) in [5.74, 6) is 0.959. The zero-order valence-corrected chi connectivity index (χ0v) is 18.2. The molecule has 33 heavy (non-hydrogen) atoms. The van der Waals surface area contributed by atoms with Gasteiger partial charge >= 0.3 is 6.01 Å². The van der Waals surface area contributed by atoms with Crippen LogP contribution in [0.2, 0.25) is 0 Å². The third-order valence-electron chi connectivity index (χ3n) is 7.15. The first kappa shape index (κ1) is 19.9. The summed E-state index contributed by atoms with van der Waals surface area (Å²) in [6, 6.07) is 12.6. The van der Waals surface area contributed by atoms with E-state index >= 15 is 0 Å². The summed E-state index contributed by atoms with van der Waals surface area (Å²) in [5, 5.41) is 12.3. The smallest absolute Gasteiger partial charge is 0.324 e.